The third-order valence-electron chi connectivity index (χ3n) is 2.96. The first kappa shape index (κ1) is 13.7. The average molecular weight is 239 g/mol. The third-order valence-corrected chi connectivity index (χ3v) is 3.98. The molecule has 0 bridgehead atoms. The van der Waals surface area contributed by atoms with Crippen LogP contribution in [-0.2, 0) is 6.54 Å². The second kappa shape index (κ2) is 8.77. The van der Waals surface area contributed by atoms with Gasteiger partial charge in [0.05, 0.1) is 0 Å². The smallest absolute Gasteiger partial charge is 0.0302 e. The van der Waals surface area contributed by atoms with E-state index in [1.54, 1.807) is 0 Å². The number of nitrogens with one attached hydrogen (secondary N) is 1. The van der Waals surface area contributed by atoms with E-state index in [1.165, 1.54) is 55.5 Å². The lowest BCUT2D eigenvalue weighted by Gasteiger charge is -2.04. The third kappa shape index (κ3) is 5.66. The maximum absolute atomic E-state index is 3.53. The first-order valence-electron chi connectivity index (χ1n) is 6.58. The molecule has 0 spiro atoms. The Balaban J connectivity index is 1.91. The van der Waals surface area contributed by atoms with Gasteiger partial charge < -0.3 is 5.32 Å². The standard InChI is InChI=1S/C14H25NS/c1-3-4-5-6-7-8-10-15-12-14-13(2)9-11-16-14/h9,11,15H,3-8,10,12H2,1-2H3. The van der Waals surface area contributed by atoms with Gasteiger partial charge in [-0.25, -0.2) is 0 Å². The van der Waals surface area contributed by atoms with Gasteiger partial charge >= 0.3 is 0 Å². The Hall–Kier alpha value is -0.340. The van der Waals surface area contributed by atoms with Crippen LogP contribution in [0.5, 0.6) is 0 Å². The maximum atomic E-state index is 3.53. The fourth-order valence-corrected chi connectivity index (χ4v) is 2.69. The number of unbranched alkanes of at least 4 members (excludes halogenated alkanes) is 5. The highest BCUT2D eigenvalue weighted by molar-refractivity contribution is 7.10. The van der Waals surface area contributed by atoms with Crippen molar-refractivity contribution in [3.63, 3.8) is 0 Å². The highest BCUT2D eigenvalue weighted by atomic mass is 32.1. The molecule has 16 heavy (non-hydrogen) atoms. The minimum Gasteiger partial charge on any atom is -0.312 e. The fourth-order valence-electron chi connectivity index (χ4n) is 1.82. The van der Waals surface area contributed by atoms with E-state index in [1.807, 2.05) is 11.3 Å². The van der Waals surface area contributed by atoms with Crippen molar-refractivity contribution in [2.45, 2.75) is 58.9 Å². The molecule has 2 heteroatoms. The van der Waals surface area contributed by atoms with Crippen LogP contribution in [0.4, 0.5) is 0 Å². The zero-order chi connectivity index (χ0) is 11.6. The number of thiophene rings is 1. The zero-order valence-corrected chi connectivity index (χ0v) is 11.5. The molecule has 1 aromatic rings. The number of aryl methyl sites for hydroxylation is 1. The Morgan fingerprint density at radius 2 is 1.88 bits per heavy atom. The quantitative estimate of drug-likeness (QED) is 0.625. The largest absolute Gasteiger partial charge is 0.312 e. The summed E-state index contributed by atoms with van der Waals surface area (Å²) in [4.78, 5) is 1.49. The molecular weight excluding hydrogens is 214 g/mol. The topological polar surface area (TPSA) is 12.0 Å². The first-order chi connectivity index (χ1) is 7.84. The predicted molar refractivity (Wildman–Crippen MR) is 74.1 cm³/mol. The van der Waals surface area contributed by atoms with E-state index in [9.17, 15) is 0 Å². The van der Waals surface area contributed by atoms with Gasteiger partial charge in [0, 0.05) is 11.4 Å². The monoisotopic (exact) mass is 239 g/mol. The van der Waals surface area contributed by atoms with Gasteiger partial charge in [-0.1, -0.05) is 39.0 Å². The van der Waals surface area contributed by atoms with Crippen LogP contribution in [0.2, 0.25) is 0 Å². The minimum atomic E-state index is 1.05. The Labute approximate surface area is 104 Å². The Morgan fingerprint density at radius 3 is 2.56 bits per heavy atom. The Kier molecular flexibility index (Phi) is 7.52. The molecule has 1 heterocycles. The highest BCUT2D eigenvalue weighted by Gasteiger charge is 1.98. The molecular formula is C14H25NS. The van der Waals surface area contributed by atoms with Crippen LogP contribution in [0.1, 0.15) is 55.9 Å². The second-order valence-corrected chi connectivity index (χ2v) is 5.47. The molecule has 0 aliphatic carbocycles. The van der Waals surface area contributed by atoms with Crippen molar-refractivity contribution in [3.8, 4) is 0 Å². The molecule has 92 valence electrons. The van der Waals surface area contributed by atoms with Gasteiger partial charge in [0.25, 0.3) is 0 Å². The van der Waals surface area contributed by atoms with Crippen LogP contribution in [0.15, 0.2) is 11.4 Å². The van der Waals surface area contributed by atoms with E-state index in [0.717, 1.165) is 6.54 Å². The summed E-state index contributed by atoms with van der Waals surface area (Å²) in [5, 5.41) is 5.71. The molecule has 0 saturated heterocycles. The molecule has 0 atom stereocenters. The van der Waals surface area contributed by atoms with E-state index >= 15 is 0 Å². The number of rotatable bonds is 9. The van der Waals surface area contributed by atoms with Crippen LogP contribution in [-0.4, -0.2) is 6.54 Å². The van der Waals surface area contributed by atoms with Crippen LogP contribution < -0.4 is 5.32 Å². The van der Waals surface area contributed by atoms with Crippen molar-refractivity contribution in [2.75, 3.05) is 6.54 Å². The predicted octanol–water partition coefficient (Wildman–Crippen LogP) is 4.51. The lowest BCUT2D eigenvalue weighted by molar-refractivity contribution is 0.573. The van der Waals surface area contributed by atoms with Gasteiger partial charge in [0.1, 0.15) is 0 Å². The van der Waals surface area contributed by atoms with Gasteiger partial charge in [-0.3, -0.25) is 0 Å². The van der Waals surface area contributed by atoms with Crippen molar-refractivity contribution in [1.29, 1.82) is 0 Å². The molecule has 0 amide bonds. The van der Waals surface area contributed by atoms with Gasteiger partial charge in [0.2, 0.25) is 0 Å². The highest BCUT2D eigenvalue weighted by Crippen LogP contribution is 2.14. The summed E-state index contributed by atoms with van der Waals surface area (Å²) in [6.45, 7) is 6.69. The van der Waals surface area contributed by atoms with E-state index in [-0.39, 0.29) is 0 Å². The lowest BCUT2D eigenvalue weighted by Crippen LogP contribution is -2.14. The number of hydrogen-bond acceptors (Lipinski definition) is 2. The van der Waals surface area contributed by atoms with Crippen molar-refractivity contribution < 1.29 is 0 Å². The molecule has 0 aliphatic heterocycles. The van der Waals surface area contributed by atoms with E-state index in [4.69, 9.17) is 0 Å². The van der Waals surface area contributed by atoms with Gasteiger partial charge in [-0.15, -0.1) is 11.3 Å². The van der Waals surface area contributed by atoms with Crippen LogP contribution in [0, 0.1) is 6.92 Å². The van der Waals surface area contributed by atoms with Crippen molar-refractivity contribution in [2.24, 2.45) is 0 Å². The van der Waals surface area contributed by atoms with Crippen LogP contribution >= 0.6 is 11.3 Å². The van der Waals surface area contributed by atoms with Crippen molar-refractivity contribution in [1.82, 2.24) is 5.32 Å². The molecule has 1 rings (SSSR count). The normalized spacial score (nSPS) is 10.9. The molecule has 0 aromatic carbocycles. The Morgan fingerprint density at radius 1 is 1.12 bits per heavy atom. The lowest BCUT2D eigenvalue weighted by atomic mass is 10.1. The molecule has 0 aliphatic rings. The SMILES string of the molecule is CCCCCCCCNCc1sccc1C. The summed E-state index contributed by atoms with van der Waals surface area (Å²) in [6.07, 6.45) is 8.29. The number of hydrogen-bond donors (Lipinski definition) is 1. The van der Waals surface area contributed by atoms with E-state index < -0.39 is 0 Å². The molecule has 0 fully saturated rings. The molecule has 0 radical (unpaired) electrons. The molecule has 1 N–H and O–H groups in total. The van der Waals surface area contributed by atoms with E-state index in [2.05, 4.69) is 30.6 Å². The average Bonchev–Trinajstić information content (AvgIpc) is 2.68. The van der Waals surface area contributed by atoms with E-state index in [0.29, 0.717) is 0 Å². The van der Waals surface area contributed by atoms with Crippen LogP contribution in [0.3, 0.4) is 0 Å². The van der Waals surface area contributed by atoms with Gasteiger partial charge in [0.15, 0.2) is 0 Å². The summed E-state index contributed by atoms with van der Waals surface area (Å²) < 4.78 is 0. The first-order valence-corrected chi connectivity index (χ1v) is 7.46. The van der Waals surface area contributed by atoms with Gasteiger partial charge in [-0.05, 0) is 36.9 Å². The summed E-state index contributed by atoms with van der Waals surface area (Å²) >= 11 is 1.86. The summed E-state index contributed by atoms with van der Waals surface area (Å²) in [7, 11) is 0. The molecule has 0 unspecified atom stereocenters. The summed E-state index contributed by atoms with van der Waals surface area (Å²) in [5.41, 5.74) is 1.43. The summed E-state index contributed by atoms with van der Waals surface area (Å²) in [6, 6.07) is 2.20. The minimum absolute atomic E-state index is 1.05. The molecule has 0 saturated carbocycles. The van der Waals surface area contributed by atoms with Crippen LogP contribution in [0.25, 0.3) is 0 Å². The van der Waals surface area contributed by atoms with Gasteiger partial charge in [-0.2, -0.15) is 0 Å². The molecule has 1 nitrogen and oxygen atoms in total. The van der Waals surface area contributed by atoms with Crippen molar-refractivity contribution in [3.05, 3.63) is 21.9 Å². The molecule has 1 aromatic heterocycles. The fraction of sp³-hybridized carbons (Fsp3) is 0.714. The van der Waals surface area contributed by atoms with Crippen molar-refractivity contribution >= 4 is 11.3 Å². The maximum Gasteiger partial charge on any atom is 0.0302 e. The Bertz CT molecular complexity index is 267. The summed E-state index contributed by atoms with van der Waals surface area (Å²) in [5.74, 6) is 0. The second-order valence-electron chi connectivity index (χ2n) is 4.47. The zero-order valence-electron chi connectivity index (χ0n) is 10.7.